The van der Waals surface area contributed by atoms with E-state index < -0.39 is 18.0 Å². The maximum atomic E-state index is 11.7. The largest absolute Gasteiger partial charge is 0.480 e. The van der Waals surface area contributed by atoms with Gasteiger partial charge in [0.1, 0.15) is 6.04 Å². The summed E-state index contributed by atoms with van der Waals surface area (Å²) < 4.78 is 0. The first-order chi connectivity index (χ1) is 8.41. The summed E-state index contributed by atoms with van der Waals surface area (Å²) in [5.41, 5.74) is 0.805. The molecule has 0 aromatic heterocycles. The predicted octanol–water partition coefficient (Wildman–Crippen LogP) is 1.95. The molecule has 2 amide bonds. The fraction of sp³-hybridized carbons (Fsp3) is 0.333. The Bertz CT molecular complexity index is 451. The van der Waals surface area contributed by atoms with Gasteiger partial charge in [0.25, 0.3) is 0 Å². The van der Waals surface area contributed by atoms with E-state index in [9.17, 15) is 9.59 Å². The number of aliphatic carboxylic acids is 1. The van der Waals surface area contributed by atoms with Crippen molar-refractivity contribution in [2.45, 2.75) is 19.5 Å². The van der Waals surface area contributed by atoms with Crippen LogP contribution in [-0.2, 0) is 11.3 Å². The molecule has 2 N–H and O–H groups in total. The smallest absolute Gasteiger partial charge is 0.325 e. The Labute approximate surface area is 110 Å². The van der Waals surface area contributed by atoms with Gasteiger partial charge >= 0.3 is 12.0 Å². The molecule has 1 rings (SSSR count). The number of carboxylic acid groups (broad SMARTS) is 1. The van der Waals surface area contributed by atoms with Crippen molar-refractivity contribution in [1.29, 1.82) is 0 Å². The second kappa shape index (κ2) is 6.26. The van der Waals surface area contributed by atoms with Crippen LogP contribution >= 0.6 is 11.6 Å². The molecule has 1 aromatic rings. The Morgan fingerprint density at radius 3 is 2.61 bits per heavy atom. The summed E-state index contributed by atoms with van der Waals surface area (Å²) in [6.45, 7) is 1.72. The zero-order valence-electron chi connectivity index (χ0n) is 10.2. The van der Waals surface area contributed by atoms with Gasteiger partial charge in [0.2, 0.25) is 0 Å². The van der Waals surface area contributed by atoms with Gasteiger partial charge < -0.3 is 15.3 Å². The number of carboxylic acids is 1. The standard InChI is InChI=1S/C12H15ClN2O3/c1-8(11(16)17)14-12(18)15(2)7-9-5-3-4-6-10(9)13/h3-6,8H,7H2,1-2H3,(H,14,18)(H,16,17). The molecule has 0 fully saturated rings. The third kappa shape index (κ3) is 3.92. The highest BCUT2D eigenvalue weighted by Gasteiger charge is 2.17. The first-order valence-electron chi connectivity index (χ1n) is 5.39. The minimum absolute atomic E-state index is 0.317. The number of carbonyl (C=O) groups excluding carboxylic acids is 1. The zero-order chi connectivity index (χ0) is 13.7. The van der Waals surface area contributed by atoms with Crippen molar-refractivity contribution in [2.24, 2.45) is 0 Å². The van der Waals surface area contributed by atoms with Gasteiger partial charge in [-0.05, 0) is 18.6 Å². The molecular formula is C12H15ClN2O3. The molecule has 18 heavy (non-hydrogen) atoms. The van der Waals surface area contributed by atoms with Crippen LogP contribution in [0.5, 0.6) is 0 Å². The molecule has 0 bridgehead atoms. The van der Waals surface area contributed by atoms with Crippen molar-refractivity contribution in [3.05, 3.63) is 34.9 Å². The van der Waals surface area contributed by atoms with Crippen molar-refractivity contribution in [3.8, 4) is 0 Å². The highest BCUT2D eigenvalue weighted by atomic mass is 35.5. The van der Waals surface area contributed by atoms with Gasteiger partial charge in [0.15, 0.2) is 0 Å². The third-order valence-corrected chi connectivity index (χ3v) is 2.79. The summed E-state index contributed by atoms with van der Waals surface area (Å²) in [7, 11) is 1.58. The number of amides is 2. The van der Waals surface area contributed by atoms with E-state index in [0.29, 0.717) is 11.6 Å². The molecule has 6 heteroatoms. The Morgan fingerprint density at radius 1 is 1.44 bits per heavy atom. The molecule has 1 unspecified atom stereocenters. The number of benzene rings is 1. The van der Waals surface area contributed by atoms with Gasteiger partial charge in [0, 0.05) is 18.6 Å². The summed E-state index contributed by atoms with van der Waals surface area (Å²) >= 11 is 5.98. The van der Waals surface area contributed by atoms with Crippen LogP contribution in [0.15, 0.2) is 24.3 Å². The SMILES string of the molecule is CC(NC(=O)N(C)Cc1ccccc1Cl)C(=O)O. The molecule has 1 atom stereocenters. The first-order valence-corrected chi connectivity index (χ1v) is 5.77. The summed E-state index contributed by atoms with van der Waals surface area (Å²) in [6, 6.07) is 5.80. The quantitative estimate of drug-likeness (QED) is 0.879. The number of rotatable bonds is 4. The van der Waals surface area contributed by atoms with E-state index in [0.717, 1.165) is 5.56 Å². The van der Waals surface area contributed by atoms with Crippen LogP contribution in [-0.4, -0.2) is 35.1 Å². The average Bonchev–Trinajstić information content (AvgIpc) is 2.31. The normalized spacial score (nSPS) is 11.7. The number of hydrogen-bond donors (Lipinski definition) is 2. The summed E-state index contributed by atoms with van der Waals surface area (Å²) in [4.78, 5) is 23.7. The van der Waals surface area contributed by atoms with Crippen molar-refractivity contribution >= 4 is 23.6 Å². The van der Waals surface area contributed by atoms with Crippen LogP contribution < -0.4 is 5.32 Å². The van der Waals surface area contributed by atoms with Crippen LogP contribution in [0.4, 0.5) is 4.79 Å². The molecule has 5 nitrogen and oxygen atoms in total. The van der Waals surface area contributed by atoms with Crippen molar-refractivity contribution in [1.82, 2.24) is 10.2 Å². The molecule has 0 heterocycles. The Hall–Kier alpha value is -1.75. The van der Waals surface area contributed by atoms with Gasteiger partial charge in [0.05, 0.1) is 0 Å². The van der Waals surface area contributed by atoms with E-state index in [1.807, 2.05) is 12.1 Å². The molecular weight excluding hydrogens is 256 g/mol. The van der Waals surface area contributed by atoms with Crippen molar-refractivity contribution in [3.63, 3.8) is 0 Å². The van der Waals surface area contributed by atoms with Gasteiger partial charge in [-0.15, -0.1) is 0 Å². The summed E-state index contributed by atoms with van der Waals surface area (Å²) in [5.74, 6) is -1.07. The fourth-order valence-electron chi connectivity index (χ4n) is 1.31. The highest BCUT2D eigenvalue weighted by Crippen LogP contribution is 2.16. The van der Waals surface area contributed by atoms with Gasteiger partial charge in [-0.2, -0.15) is 0 Å². The maximum absolute atomic E-state index is 11.7. The van der Waals surface area contributed by atoms with E-state index in [1.54, 1.807) is 19.2 Å². The van der Waals surface area contributed by atoms with Crippen molar-refractivity contribution in [2.75, 3.05) is 7.05 Å². The number of carbonyl (C=O) groups is 2. The lowest BCUT2D eigenvalue weighted by Crippen LogP contribution is -2.44. The fourth-order valence-corrected chi connectivity index (χ4v) is 1.51. The third-order valence-electron chi connectivity index (χ3n) is 2.42. The molecule has 98 valence electrons. The molecule has 0 spiro atoms. The second-order valence-electron chi connectivity index (χ2n) is 3.96. The van der Waals surface area contributed by atoms with Crippen LogP contribution in [0.1, 0.15) is 12.5 Å². The molecule has 1 aromatic carbocycles. The monoisotopic (exact) mass is 270 g/mol. The van der Waals surface area contributed by atoms with Gasteiger partial charge in [-0.3, -0.25) is 4.79 Å². The number of urea groups is 1. The van der Waals surface area contributed by atoms with E-state index >= 15 is 0 Å². The number of nitrogens with zero attached hydrogens (tertiary/aromatic N) is 1. The van der Waals surface area contributed by atoms with E-state index in [2.05, 4.69) is 5.32 Å². The molecule has 0 aliphatic carbocycles. The number of nitrogens with one attached hydrogen (secondary N) is 1. The Kier molecular flexibility index (Phi) is 4.97. The van der Waals surface area contributed by atoms with Crippen LogP contribution in [0, 0.1) is 0 Å². The summed E-state index contributed by atoms with van der Waals surface area (Å²) in [5, 5.41) is 11.6. The van der Waals surface area contributed by atoms with E-state index in [1.165, 1.54) is 11.8 Å². The first kappa shape index (κ1) is 14.3. The number of hydrogen-bond acceptors (Lipinski definition) is 2. The Balaban J connectivity index is 2.60. The van der Waals surface area contributed by atoms with Gasteiger partial charge in [-0.25, -0.2) is 4.79 Å². The van der Waals surface area contributed by atoms with E-state index in [4.69, 9.17) is 16.7 Å². The second-order valence-corrected chi connectivity index (χ2v) is 4.36. The lowest BCUT2D eigenvalue weighted by molar-refractivity contribution is -0.138. The van der Waals surface area contributed by atoms with Crippen LogP contribution in [0.3, 0.4) is 0 Å². The van der Waals surface area contributed by atoms with E-state index in [-0.39, 0.29) is 0 Å². The Morgan fingerprint density at radius 2 is 2.06 bits per heavy atom. The molecule has 0 saturated carbocycles. The highest BCUT2D eigenvalue weighted by molar-refractivity contribution is 6.31. The minimum atomic E-state index is -1.07. The van der Waals surface area contributed by atoms with Gasteiger partial charge in [-0.1, -0.05) is 29.8 Å². The topological polar surface area (TPSA) is 69.6 Å². The lowest BCUT2D eigenvalue weighted by atomic mass is 10.2. The van der Waals surface area contributed by atoms with Crippen LogP contribution in [0.2, 0.25) is 5.02 Å². The van der Waals surface area contributed by atoms with Crippen molar-refractivity contribution < 1.29 is 14.7 Å². The molecule has 0 aliphatic rings. The molecule has 0 radical (unpaired) electrons. The molecule has 0 aliphatic heterocycles. The summed E-state index contributed by atoms with van der Waals surface area (Å²) in [6.07, 6.45) is 0. The zero-order valence-corrected chi connectivity index (χ0v) is 10.9. The molecule has 0 saturated heterocycles. The average molecular weight is 271 g/mol. The maximum Gasteiger partial charge on any atom is 0.325 e. The lowest BCUT2D eigenvalue weighted by Gasteiger charge is -2.20. The minimum Gasteiger partial charge on any atom is -0.480 e. The number of halogens is 1. The predicted molar refractivity (Wildman–Crippen MR) is 68.5 cm³/mol. The van der Waals surface area contributed by atoms with Crippen LogP contribution in [0.25, 0.3) is 0 Å².